The first kappa shape index (κ1) is 9.26. The van der Waals surface area contributed by atoms with E-state index in [1.54, 1.807) is 13.0 Å². The minimum absolute atomic E-state index is 0.138. The van der Waals surface area contributed by atoms with E-state index < -0.39 is 0 Å². The predicted molar refractivity (Wildman–Crippen MR) is 44.7 cm³/mol. The van der Waals surface area contributed by atoms with Gasteiger partial charge in [0.1, 0.15) is 6.61 Å². The van der Waals surface area contributed by atoms with E-state index in [9.17, 15) is 4.79 Å². The number of carbonyl (C=O) groups excluding carboxylic acids is 1. The zero-order chi connectivity index (χ0) is 8.97. The monoisotopic (exact) mass is 170 g/mol. The van der Waals surface area contributed by atoms with Gasteiger partial charge in [0.15, 0.2) is 0 Å². The van der Waals surface area contributed by atoms with Gasteiger partial charge in [-0.15, -0.1) is 0 Å². The Hall–Kier alpha value is -0.830. The standard InChI is InChI=1S/C9H14O3/c1-3-7(2)9(10)12-6-8-4-5-11-8/h3,8H,4-6H2,1-2H3. The average Bonchev–Trinajstić information content (AvgIpc) is 2.00. The molecule has 0 amide bonds. The molecular formula is C9H14O3. The quantitative estimate of drug-likeness (QED) is 0.473. The molecule has 0 N–H and O–H groups in total. The molecule has 0 aromatic heterocycles. The summed E-state index contributed by atoms with van der Waals surface area (Å²) in [6, 6.07) is 0. The summed E-state index contributed by atoms with van der Waals surface area (Å²) in [5.41, 5.74) is 0.648. The van der Waals surface area contributed by atoms with Gasteiger partial charge < -0.3 is 9.47 Å². The van der Waals surface area contributed by atoms with Crippen molar-refractivity contribution in [3.63, 3.8) is 0 Å². The van der Waals surface area contributed by atoms with Gasteiger partial charge in [-0.1, -0.05) is 6.08 Å². The van der Waals surface area contributed by atoms with Crippen molar-refractivity contribution in [1.82, 2.24) is 0 Å². The molecule has 0 bridgehead atoms. The van der Waals surface area contributed by atoms with Gasteiger partial charge in [-0.05, 0) is 13.8 Å². The van der Waals surface area contributed by atoms with Gasteiger partial charge >= 0.3 is 5.97 Å². The molecule has 1 atom stereocenters. The van der Waals surface area contributed by atoms with Crippen LogP contribution >= 0.6 is 0 Å². The normalized spacial score (nSPS) is 23.2. The highest BCUT2D eigenvalue weighted by molar-refractivity contribution is 5.87. The van der Waals surface area contributed by atoms with Gasteiger partial charge in [0.2, 0.25) is 0 Å². The summed E-state index contributed by atoms with van der Waals surface area (Å²) in [5, 5.41) is 0. The van der Waals surface area contributed by atoms with E-state index >= 15 is 0 Å². The molecule has 0 aromatic carbocycles. The van der Waals surface area contributed by atoms with Crippen LogP contribution in [0.1, 0.15) is 20.3 Å². The Morgan fingerprint density at radius 1 is 1.75 bits per heavy atom. The minimum Gasteiger partial charge on any atom is -0.460 e. The first-order valence-corrected chi connectivity index (χ1v) is 4.15. The molecule has 1 heterocycles. The van der Waals surface area contributed by atoms with Gasteiger partial charge in [-0.2, -0.15) is 0 Å². The Balaban J connectivity index is 2.17. The third kappa shape index (κ3) is 2.34. The van der Waals surface area contributed by atoms with E-state index in [4.69, 9.17) is 9.47 Å². The molecular weight excluding hydrogens is 156 g/mol. The smallest absolute Gasteiger partial charge is 0.333 e. The summed E-state index contributed by atoms with van der Waals surface area (Å²) in [4.78, 5) is 11.1. The fraction of sp³-hybridized carbons (Fsp3) is 0.667. The maximum absolute atomic E-state index is 11.1. The average molecular weight is 170 g/mol. The van der Waals surface area contributed by atoms with E-state index in [2.05, 4.69) is 0 Å². The third-order valence-electron chi connectivity index (χ3n) is 1.95. The summed E-state index contributed by atoms with van der Waals surface area (Å²) in [5.74, 6) is -0.243. The Morgan fingerprint density at radius 3 is 2.83 bits per heavy atom. The maximum atomic E-state index is 11.1. The van der Waals surface area contributed by atoms with Crippen LogP contribution in [0.25, 0.3) is 0 Å². The summed E-state index contributed by atoms with van der Waals surface area (Å²) >= 11 is 0. The molecule has 68 valence electrons. The molecule has 1 fully saturated rings. The minimum atomic E-state index is -0.243. The van der Waals surface area contributed by atoms with Crippen molar-refractivity contribution < 1.29 is 14.3 Å². The van der Waals surface area contributed by atoms with Crippen LogP contribution in [0.3, 0.4) is 0 Å². The van der Waals surface area contributed by atoms with Gasteiger partial charge in [0, 0.05) is 18.6 Å². The summed E-state index contributed by atoms with van der Waals surface area (Å²) < 4.78 is 10.1. The number of rotatable bonds is 3. The Bertz CT molecular complexity index is 192. The number of esters is 1. The molecule has 1 saturated heterocycles. The third-order valence-corrected chi connectivity index (χ3v) is 1.95. The molecule has 12 heavy (non-hydrogen) atoms. The van der Waals surface area contributed by atoms with E-state index in [0.717, 1.165) is 13.0 Å². The van der Waals surface area contributed by atoms with Crippen LogP contribution in [0.5, 0.6) is 0 Å². The zero-order valence-corrected chi connectivity index (χ0v) is 7.50. The molecule has 3 nitrogen and oxygen atoms in total. The molecule has 1 rings (SSSR count). The van der Waals surface area contributed by atoms with Crippen LogP contribution in [0.15, 0.2) is 11.6 Å². The van der Waals surface area contributed by atoms with Crippen molar-refractivity contribution in [2.45, 2.75) is 26.4 Å². The fourth-order valence-electron chi connectivity index (χ4n) is 0.816. The van der Waals surface area contributed by atoms with Crippen LogP contribution < -0.4 is 0 Å². The predicted octanol–water partition coefficient (Wildman–Crippen LogP) is 1.28. The lowest BCUT2D eigenvalue weighted by Gasteiger charge is -2.25. The number of allylic oxidation sites excluding steroid dienone is 1. The van der Waals surface area contributed by atoms with Crippen LogP contribution in [-0.4, -0.2) is 25.3 Å². The zero-order valence-electron chi connectivity index (χ0n) is 7.50. The highest BCUT2D eigenvalue weighted by Gasteiger charge is 2.19. The van der Waals surface area contributed by atoms with Crippen LogP contribution in [0.4, 0.5) is 0 Å². The van der Waals surface area contributed by atoms with Crippen molar-refractivity contribution >= 4 is 5.97 Å². The Kier molecular flexibility index (Phi) is 3.29. The SMILES string of the molecule is CC=C(C)C(=O)OCC1CCO1. The Morgan fingerprint density at radius 2 is 2.42 bits per heavy atom. The second-order valence-electron chi connectivity index (χ2n) is 2.85. The molecule has 0 aliphatic carbocycles. The van der Waals surface area contributed by atoms with E-state index in [1.165, 1.54) is 0 Å². The fourth-order valence-corrected chi connectivity index (χ4v) is 0.816. The highest BCUT2D eigenvalue weighted by Crippen LogP contribution is 2.11. The first-order valence-electron chi connectivity index (χ1n) is 4.15. The lowest BCUT2D eigenvalue weighted by atomic mass is 10.2. The van der Waals surface area contributed by atoms with Crippen LogP contribution in [0, 0.1) is 0 Å². The van der Waals surface area contributed by atoms with Crippen molar-refractivity contribution in [3.8, 4) is 0 Å². The molecule has 0 spiro atoms. The summed E-state index contributed by atoms with van der Waals surface area (Å²) in [6.07, 6.45) is 2.88. The molecule has 0 saturated carbocycles. The number of hydrogen-bond acceptors (Lipinski definition) is 3. The molecule has 1 aliphatic rings. The number of carbonyl (C=O) groups is 1. The van der Waals surface area contributed by atoms with Crippen molar-refractivity contribution in [3.05, 3.63) is 11.6 Å². The van der Waals surface area contributed by atoms with Gasteiger partial charge in [-0.3, -0.25) is 0 Å². The van der Waals surface area contributed by atoms with E-state index in [1.807, 2.05) is 6.92 Å². The van der Waals surface area contributed by atoms with Gasteiger partial charge in [0.25, 0.3) is 0 Å². The highest BCUT2D eigenvalue weighted by atomic mass is 16.6. The summed E-state index contributed by atoms with van der Waals surface area (Å²) in [7, 11) is 0. The molecule has 0 radical (unpaired) electrons. The van der Waals surface area contributed by atoms with Crippen LogP contribution in [-0.2, 0) is 14.3 Å². The molecule has 3 heteroatoms. The van der Waals surface area contributed by atoms with E-state index in [0.29, 0.717) is 12.2 Å². The first-order chi connectivity index (χ1) is 5.74. The van der Waals surface area contributed by atoms with E-state index in [-0.39, 0.29) is 12.1 Å². The number of hydrogen-bond donors (Lipinski definition) is 0. The lowest BCUT2D eigenvalue weighted by molar-refractivity contribution is -0.149. The topological polar surface area (TPSA) is 35.5 Å². The molecule has 1 unspecified atom stereocenters. The summed E-state index contributed by atoms with van der Waals surface area (Å²) in [6.45, 7) is 4.75. The molecule has 0 aromatic rings. The Labute approximate surface area is 72.4 Å². The maximum Gasteiger partial charge on any atom is 0.333 e. The van der Waals surface area contributed by atoms with Crippen molar-refractivity contribution in [2.75, 3.05) is 13.2 Å². The van der Waals surface area contributed by atoms with Crippen molar-refractivity contribution in [2.24, 2.45) is 0 Å². The van der Waals surface area contributed by atoms with Gasteiger partial charge in [0.05, 0.1) is 6.10 Å². The van der Waals surface area contributed by atoms with Crippen molar-refractivity contribution in [1.29, 1.82) is 0 Å². The lowest BCUT2D eigenvalue weighted by Crippen LogP contribution is -2.32. The molecule has 1 aliphatic heterocycles. The second-order valence-corrected chi connectivity index (χ2v) is 2.85. The second kappa shape index (κ2) is 4.26. The largest absolute Gasteiger partial charge is 0.460 e. The number of ether oxygens (including phenoxy) is 2. The van der Waals surface area contributed by atoms with Gasteiger partial charge in [-0.25, -0.2) is 4.79 Å². The van der Waals surface area contributed by atoms with Crippen LogP contribution in [0.2, 0.25) is 0 Å².